The molecule has 0 saturated heterocycles. The van der Waals surface area contributed by atoms with Crippen LogP contribution in [0.1, 0.15) is 23.2 Å². The second-order valence-corrected chi connectivity index (χ2v) is 9.22. The summed E-state index contributed by atoms with van der Waals surface area (Å²) in [6, 6.07) is 15.2. The van der Waals surface area contributed by atoms with E-state index < -0.39 is 23.9 Å². The van der Waals surface area contributed by atoms with E-state index in [9.17, 15) is 19.2 Å². The molecule has 1 amide bonds. The van der Waals surface area contributed by atoms with Crippen LogP contribution in [0.25, 0.3) is 10.9 Å². The van der Waals surface area contributed by atoms with Crippen molar-refractivity contribution >= 4 is 51.9 Å². The Morgan fingerprint density at radius 2 is 1.83 bits per heavy atom. The summed E-state index contributed by atoms with van der Waals surface area (Å²) in [6.45, 7) is 0.960. The van der Waals surface area contributed by atoms with E-state index in [1.165, 1.54) is 23.0 Å². The molecule has 0 radical (unpaired) electrons. The SMILES string of the molecule is Nc1nc2c(c(=O)[nH]1)NC(CNc1ccc(C(=O)N[C@@H](CCC(=O)O)C(=O)O)cc1)CN2.c1ccc2[nH]ccc2c1. The lowest BCUT2D eigenvalue weighted by Gasteiger charge is -2.27. The molecule has 3 heterocycles. The summed E-state index contributed by atoms with van der Waals surface area (Å²) < 4.78 is 0. The fourth-order valence-corrected chi connectivity index (χ4v) is 4.09. The Bertz CT molecular complexity index is 1550. The molecule has 10 N–H and O–H groups in total. The van der Waals surface area contributed by atoms with Gasteiger partial charge in [-0.3, -0.25) is 19.4 Å². The third kappa shape index (κ3) is 7.75. The zero-order valence-electron chi connectivity index (χ0n) is 21.8. The Labute approximate surface area is 233 Å². The zero-order valence-corrected chi connectivity index (χ0v) is 21.8. The number of hydrogen-bond acceptors (Lipinski definition) is 9. The van der Waals surface area contributed by atoms with Crippen molar-refractivity contribution in [3.8, 4) is 0 Å². The van der Waals surface area contributed by atoms with Crippen molar-refractivity contribution in [2.24, 2.45) is 0 Å². The molecule has 1 unspecified atom stereocenters. The summed E-state index contributed by atoms with van der Waals surface area (Å²) >= 11 is 0. The maximum Gasteiger partial charge on any atom is 0.326 e. The van der Waals surface area contributed by atoms with Gasteiger partial charge in [0.15, 0.2) is 5.82 Å². The summed E-state index contributed by atoms with van der Waals surface area (Å²) in [6.07, 6.45) is 1.36. The number of aromatic amines is 2. The number of carboxylic acids is 2. The van der Waals surface area contributed by atoms with Gasteiger partial charge in [-0.05, 0) is 48.2 Å². The van der Waals surface area contributed by atoms with E-state index in [-0.39, 0.29) is 36.0 Å². The van der Waals surface area contributed by atoms with Gasteiger partial charge >= 0.3 is 11.9 Å². The second-order valence-electron chi connectivity index (χ2n) is 9.22. The van der Waals surface area contributed by atoms with Gasteiger partial charge in [0.1, 0.15) is 11.7 Å². The number of aromatic nitrogens is 3. The molecule has 14 nitrogen and oxygen atoms in total. The lowest BCUT2D eigenvalue weighted by Crippen LogP contribution is -2.41. The van der Waals surface area contributed by atoms with Gasteiger partial charge in [-0.1, -0.05) is 18.2 Å². The average molecular weight is 563 g/mol. The molecule has 5 rings (SSSR count). The molecular formula is C27H30N8O6. The van der Waals surface area contributed by atoms with Gasteiger partial charge in [0.05, 0.1) is 6.04 Å². The van der Waals surface area contributed by atoms with Gasteiger partial charge < -0.3 is 42.2 Å². The van der Waals surface area contributed by atoms with Crippen LogP contribution in [0, 0.1) is 0 Å². The molecule has 2 aromatic heterocycles. The van der Waals surface area contributed by atoms with Gasteiger partial charge in [-0.25, -0.2) is 4.79 Å². The number of carbonyl (C=O) groups is 3. The number of nitrogen functional groups attached to an aromatic ring is 1. The standard InChI is InChI=1S/C19H23N7O6.C8H7N/c20-19-25-15-14(17(30)26-19)23-11(8-22-15)7-21-10-3-1-9(2-4-10)16(29)24-12(18(31)32)5-6-13(27)28;1-2-4-8-7(3-1)5-6-9-8/h1-4,11-12,21,23H,5-8H2,(H,24,29)(H,27,28)(H,31,32)(H4,20,22,25,26,30);1-6,9H/t11?,12-;/m0./s1. The number of benzene rings is 2. The summed E-state index contributed by atoms with van der Waals surface area (Å²) in [7, 11) is 0. The van der Waals surface area contributed by atoms with Crippen molar-refractivity contribution in [1.29, 1.82) is 0 Å². The lowest BCUT2D eigenvalue weighted by molar-refractivity contribution is -0.140. The van der Waals surface area contributed by atoms with Gasteiger partial charge in [-0.2, -0.15) is 4.98 Å². The van der Waals surface area contributed by atoms with Crippen LogP contribution in [-0.4, -0.2) is 68.2 Å². The number of carboxylic acid groups (broad SMARTS) is 2. The number of anilines is 4. The highest BCUT2D eigenvalue weighted by atomic mass is 16.4. The van der Waals surface area contributed by atoms with E-state index in [1.807, 2.05) is 18.3 Å². The molecule has 14 heteroatoms. The Morgan fingerprint density at radius 3 is 2.54 bits per heavy atom. The fourth-order valence-electron chi connectivity index (χ4n) is 4.09. The molecule has 1 aliphatic rings. The van der Waals surface area contributed by atoms with Crippen LogP contribution in [0.4, 0.5) is 23.1 Å². The number of amides is 1. The number of nitrogens with zero attached hydrogens (tertiary/aromatic N) is 1. The van der Waals surface area contributed by atoms with E-state index in [0.29, 0.717) is 30.3 Å². The van der Waals surface area contributed by atoms with E-state index in [1.54, 1.807) is 12.1 Å². The van der Waals surface area contributed by atoms with Crippen LogP contribution in [0.5, 0.6) is 0 Å². The molecule has 1 aliphatic heterocycles. The van der Waals surface area contributed by atoms with Crippen LogP contribution in [0.15, 0.2) is 65.6 Å². The molecule has 0 bridgehead atoms. The number of rotatable bonds is 9. The lowest BCUT2D eigenvalue weighted by atomic mass is 10.1. The van der Waals surface area contributed by atoms with Crippen molar-refractivity contribution in [2.75, 3.05) is 34.8 Å². The summed E-state index contributed by atoms with van der Waals surface area (Å²) in [4.78, 5) is 55.7. The van der Waals surface area contributed by atoms with Crippen molar-refractivity contribution < 1.29 is 24.6 Å². The van der Waals surface area contributed by atoms with Gasteiger partial charge in [0, 0.05) is 42.5 Å². The Morgan fingerprint density at radius 1 is 1.07 bits per heavy atom. The summed E-state index contributed by atoms with van der Waals surface area (Å²) in [5, 5.41) is 30.8. The molecule has 2 atom stereocenters. The maximum absolute atomic E-state index is 12.3. The summed E-state index contributed by atoms with van der Waals surface area (Å²) in [5.41, 5.74) is 7.61. The number of hydrogen-bond donors (Lipinski definition) is 9. The number of H-pyrrole nitrogens is 2. The molecule has 214 valence electrons. The van der Waals surface area contributed by atoms with E-state index in [0.717, 1.165) is 0 Å². The third-order valence-corrected chi connectivity index (χ3v) is 6.21. The number of nitrogens with two attached hydrogens (primary N) is 1. The van der Waals surface area contributed by atoms with Crippen molar-refractivity contribution in [2.45, 2.75) is 24.9 Å². The highest BCUT2D eigenvalue weighted by Gasteiger charge is 2.23. The van der Waals surface area contributed by atoms with Crippen LogP contribution in [0.2, 0.25) is 0 Å². The summed E-state index contributed by atoms with van der Waals surface area (Å²) in [5.74, 6) is -2.64. The minimum atomic E-state index is -1.30. The highest BCUT2D eigenvalue weighted by molar-refractivity contribution is 5.97. The second kappa shape index (κ2) is 13.0. The normalized spacial score (nSPS) is 14.3. The first-order chi connectivity index (χ1) is 19.7. The monoisotopic (exact) mass is 562 g/mol. The van der Waals surface area contributed by atoms with Crippen molar-refractivity contribution in [1.82, 2.24) is 20.3 Å². The Hall–Kier alpha value is -5.53. The van der Waals surface area contributed by atoms with Crippen molar-refractivity contribution in [3.05, 3.63) is 76.7 Å². The number of nitrogens with one attached hydrogen (secondary N) is 6. The maximum atomic E-state index is 12.3. The van der Waals surface area contributed by atoms with Gasteiger partial charge in [0.2, 0.25) is 5.95 Å². The van der Waals surface area contributed by atoms with Crippen LogP contribution in [0.3, 0.4) is 0 Å². The van der Waals surface area contributed by atoms with E-state index in [2.05, 4.69) is 54.4 Å². The predicted octanol–water partition coefficient (Wildman–Crippen LogP) is 1.89. The predicted molar refractivity (Wildman–Crippen MR) is 154 cm³/mol. The number of carbonyl (C=O) groups excluding carboxylic acids is 1. The highest BCUT2D eigenvalue weighted by Crippen LogP contribution is 2.20. The Balaban J connectivity index is 0.000000360. The van der Waals surface area contributed by atoms with Gasteiger partial charge in [0.25, 0.3) is 11.5 Å². The first kappa shape index (κ1) is 28.5. The van der Waals surface area contributed by atoms with E-state index >= 15 is 0 Å². The molecule has 4 aromatic rings. The quantitative estimate of drug-likeness (QED) is 0.143. The Kier molecular flexibility index (Phi) is 9.04. The molecule has 0 fully saturated rings. The smallest absolute Gasteiger partial charge is 0.326 e. The number of fused-ring (bicyclic) bond motifs is 2. The topological polar surface area (TPSA) is 227 Å². The molecule has 41 heavy (non-hydrogen) atoms. The number of aliphatic carboxylic acids is 2. The fraction of sp³-hybridized carbons (Fsp3) is 0.222. The number of para-hydroxylation sites is 1. The molecule has 0 aliphatic carbocycles. The van der Waals surface area contributed by atoms with E-state index in [4.69, 9.17) is 15.9 Å². The minimum Gasteiger partial charge on any atom is -0.481 e. The minimum absolute atomic E-state index is 0.0281. The van der Waals surface area contributed by atoms with Gasteiger partial charge in [-0.15, -0.1) is 0 Å². The third-order valence-electron chi connectivity index (χ3n) is 6.21. The first-order valence-corrected chi connectivity index (χ1v) is 12.7. The molecule has 2 aromatic carbocycles. The first-order valence-electron chi connectivity index (χ1n) is 12.7. The zero-order chi connectivity index (χ0) is 29.4. The van der Waals surface area contributed by atoms with Crippen molar-refractivity contribution in [3.63, 3.8) is 0 Å². The largest absolute Gasteiger partial charge is 0.481 e. The van der Waals surface area contributed by atoms with Crippen LogP contribution < -0.4 is 32.6 Å². The molecule has 0 saturated carbocycles. The van der Waals surface area contributed by atoms with Crippen LogP contribution in [-0.2, 0) is 9.59 Å². The average Bonchev–Trinajstić information content (AvgIpc) is 3.43. The molecule has 0 spiro atoms. The molecular weight excluding hydrogens is 532 g/mol. The van der Waals surface area contributed by atoms with Crippen LogP contribution >= 0.6 is 0 Å².